The predicted molar refractivity (Wildman–Crippen MR) is 172 cm³/mol. The Morgan fingerprint density at radius 1 is 1.02 bits per heavy atom. The third-order valence-electron chi connectivity index (χ3n) is 9.90. The molecule has 2 aliphatic heterocycles. The van der Waals surface area contributed by atoms with Crippen molar-refractivity contribution >= 4 is 17.5 Å². The Bertz CT molecular complexity index is 2090. The van der Waals surface area contributed by atoms with Crippen LogP contribution in [-0.4, -0.2) is 55.6 Å². The highest BCUT2D eigenvalue weighted by atomic mass is 19.4. The number of likely N-dealkylation sites (tertiary alicyclic amines) is 1. The van der Waals surface area contributed by atoms with Crippen molar-refractivity contribution in [2.45, 2.75) is 63.1 Å². The van der Waals surface area contributed by atoms with E-state index in [9.17, 15) is 39.9 Å². The highest BCUT2D eigenvalue weighted by molar-refractivity contribution is 6.10. The zero-order valence-electron chi connectivity index (χ0n) is 27.5. The van der Waals surface area contributed by atoms with Crippen LogP contribution in [0.3, 0.4) is 0 Å². The van der Waals surface area contributed by atoms with E-state index in [1.54, 1.807) is 11.9 Å². The number of nitrogens with zero attached hydrogens (tertiary/aromatic N) is 7. The molecule has 7 rings (SSSR count). The van der Waals surface area contributed by atoms with Gasteiger partial charge < -0.3 is 9.88 Å². The first-order valence-corrected chi connectivity index (χ1v) is 16.4. The number of carbonyl (C=O) groups is 1. The minimum Gasteiger partial charge on any atom is -0.370 e. The number of fused-ring (bicyclic) bond motifs is 3. The first kappa shape index (κ1) is 35.3. The number of anilines is 2. The SMILES string of the molecule is Cn1cnnc1-c1ccc(C(F)(F)F)cc1-c1cc(NCCCC#N)nc(N2Cc3c(cc(CN4CC5CC4CC5(F)F)cc3C(F)(F)F)C2=O)c1. The molecule has 2 aromatic heterocycles. The van der Waals surface area contributed by atoms with Crippen molar-refractivity contribution in [3.63, 3.8) is 0 Å². The Labute approximate surface area is 291 Å². The summed E-state index contributed by atoms with van der Waals surface area (Å²) in [7, 11) is 1.60. The Hall–Kier alpha value is -5.11. The number of amides is 1. The maximum atomic E-state index is 14.5. The minimum atomic E-state index is -4.86. The monoisotopic (exact) mass is 730 g/mol. The van der Waals surface area contributed by atoms with Crippen LogP contribution in [0.5, 0.6) is 0 Å². The number of alkyl halides is 8. The van der Waals surface area contributed by atoms with Crippen molar-refractivity contribution in [2.24, 2.45) is 13.0 Å². The van der Waals surface area contributed by atoms with Crippen molar-refractivity contribution in [2.75, 3.05) is 23.3 Å². The summed E-state index contributed by atoms with van der Waals surface area (Å²) in [4.78, 5) is 21.2. The summed E-state index contributed by atoms with van der Waals surface area (Å²) in [5.74, 6) is -4.30. The lowest BCUT2D eigenvalue weighted by Gasteiger charge is -2.31. The van der Waals surface area contributed by atoms with Gasteiger partial charge in [0.05, 0.1) is 23.7 Å². The number of carbonyl (C=O) groups excluding carboxylic acids is 1. The number of halogens is 8. The van der Waals surface area contributed by atoms with Crippen LogP contribution in [0.15, 0.2) is 48.8 Å². The number of aryl methyl sites for hydroxylation is 1. The first-order chi connectivity index (χ1) is 24.5. The standard InChI is InChI=1S/C35H30F8N8O/c1-49-18-46-48-31(49)24-5-4-21(34(38,39)40)13-25(24)20-10-29(45-7-3-2-6-44)47-30(11-20)51-17-27-26(32(51)52)8-19(9-28(27)35(41,42)43)15-50-16-22-12-23(50)14-33(22,36)37/h4-5,8-11,13,18,22-23H,2-3,7,12,14-17H2,1H3,(H,45,47). The van der Waals surface area contributed by atoms with Gasteiger partial charge in [-0.3, -0.25) is 14.6 Å². The van der Waals surface area contributed by atoms with Crippen LogP contribution in [0.1, 0.15) is 58.3 Å². The molecule has 2 unspecified atom stereocenters. The molecule has 4 aromatic rings. The molecule has 1 amide bonds. The molecule has 4 heterocycles. The van der Waals surface area contributed by atoms with E-state index in [1.807, 2.05) is 6.07 Å². The molecular formula is C35H30F8N8O. The average Bonchev–Trinajstić information content (AvgIpc) is 3.84. The minimum absolute atomic E-state index is 0.0307. The molecule has 17 heteroatoms. The number of nitriles is 1. The molecule has 2 atom stereocenters. The van der Waals surface area contributed by atoms with Gasteiger partial charge in [0, 0.05) is 62.6 Å². The number of aromatic nitrogens is 4. The summed E-state index contributed by atoms with van der Waals surface area (Å²) in [6.07, 6.45) is -7.78. The molecule has 2 aromatic carbocycles. The van der Waals surface area contributed by atoms with Crippen LogP contribution in [0.4, 0.5) is 46.8 Å². The van der Waals surface area contributed by atoms with Crippen LogP contribution in [0, 0.1) is 17.2 Å². The summed E-state index contributed by atoms with van der Waals surface area (Å²) in [5, 5.41) is 19.9. The zero-order chi connectivity index (χ0) is 37.2. The smallest absolute Gasteiger partial charge is 0.370 e. The number of pyridine rings is 1. The van der Waals surface area contributed by atoms with Gasteiger partial charge >= 0.3 is 12.4 Å². The Morgan fingerprint density at radius 3 is 2.44 bits per heavy atom. The highest BCUT2D eigenvalue weighted by Gasteiger charge is 2.56. The summed E-state index contributed by atoms with van der Waals surface area (Å²) in [6.45, 7) is -0.329. The van der Waals surface area contributed by atoms with Gasteiger partial charge in [0.2, 0.25) is 0 Å². The van der Waals surface area contributed by atoms with Gasteiger partial charge in [-0.15, -0.1) is 10.2 Å². The third-order valence-corrected chi connectivity index (χ3v) is 9.90. The number of nitrogens with one attached hydrogen (secondary N) is 1. The van der Waals surface area contributed by atoms with Crippen LogP contribution in [-0.2, 0) is 32.5 Å². The number of hydrogen-bond acceptors (Lipinski definition) is 7. The van der Waals surface area contributed by atoms with Gasteiger partial charge in [-0.25, -0.2) is 13.8 Å². The van der Waals surface area contributed by atoms with Crippen molar-refractivity contribution in [1.82, 2.24) is 24.6 Å². The van der Waals surface area contributed by atoms with E-state index in [-0.39, 0.29) is 89.7 Å². The largest absolute Gasteiger partial charge is 0.416 e. The number of benzene rings is 2. The molecular weight excluding hydrogens is 700 g/mol. The Kier molecular flexibility index (Phi) is 8.71. The van der Waals surface area contributed by atoms with Crippen LogP contribution in [0.2, 0.25) is 0 Å². The highest BCUT2D eigenvalue weighted by Crippen LogP contribution is 2.49. The number of rotatable bonds is 9. The van der Waals surface area contributed by atoms with E-state index in [0.29, 0.717) is 6.42 Å². The van der Waals surface area contributed by atoms with Gasteiger partial charge in [-0.1, -0.05) is 0 Å². The summed E-state index contributed by atoms with van der Waals surface area (Å²) < 4.78 is 115. The van der Waals surface area contributed by atoms with Crippen LogP contribution in [0.25, 0.3) is 22.5 Å². The van der Waals surface area contributed by atoms with Gasteiger partial charge in [-0.2, -0.15) is 31.6 Å². The molecule has 272 valence electrons. The lowest BCUT2D eigenvalue weighted by atomic mass is 9.96. The number of piperidine rings is 1. The second-order valence-corrected chi connectivity index (χ2v) is 13.4. The maximum Gasteiger partial charge on any atom is 0.416 e. The average molecular weight is 731 g/mol. The van der Waals surface area contributed by atoms with E-state index in [4.69, 9.17) is 5.26 Å². The molecule has 1 N–H and O–H groups in total. The fourth-order valence-electron chi connectivity index (χ4n) is 7.37. The molecule has 1 saturated heterocycles. The van der Waals surface area contributed by atoms with Crippen molar-refractivity contribution in [3.05, 3.63) is 76.6 Å². The fraction of sp³-hybridized carbons (Fsp3) is 0.400. The van der Waals surface area contributed by atoms with Gasteiger partial charge in [0.25, 0.3) is 11.8 Å². The van der Waals surface area contributed by atoms with Gasteiger partial charge in [0.1, 0.15) is 18.0 Å². The van der Waals surface area contributed by atoms with Gasteiger partial charge in [0.15, 0.2) is 5.82 Å². The van der Waals surface area contributed by atoms with E-state index < -0.39 is 53.8 Å². The van der Waals surface area contributed by atoms with Crippen LogP contribution < -0.4 is 10.2 Å². The van der Waals surface area contributed by atoms with Gasteiger partial charge in [-0.05, 0) is 77.6 Å². The summed E-state index contributed by atoms with van der Waals surface area (Å²) >= 11 is 0. The first-order valence-electron chi connectivity index (χ1n) is 16.4. The summed E-state index contributed by atoms with van der Waals surface area (Å²) in [6, 6.07) is 9.64. The molecule has 2 bridgehead atoms. The van der Waals surface area contributed by atoms with E-state index in [0.717, 1.165) is 23.1 Å². The van der Waals surface area contributed by atoms with Crippen molar-refractivity contribution < 1.29 is 39.9 Å². The predicted octanol–water partition coefficient (Wildman–Crippen LogP) is 7.69. The molecule has 3 aliphatic rings. The molecule has 0 radical (unpaired) electrons. The van der Waals surface area contributed by atoms with Crippen molar-refractivity contribution in [1.29, 1.82) is 5.26 Å². The number of unbranched alkanes of at least 4 members (excludes halogenated alkanes) is 1. The molecule has 1 saturated carbocycles. The van der Waals surface area contributed by atoms with E-state index in [2.05, 4.69) is 20.5 Å². The molecule has 0 spiro atoms. The van der Waals surface area contributed by atoms with E-state index in [1.165, 1.54) is 35.2 Å². The Balaban J connectivity index is 1.30. The zero-order valence-corrected chi connectivity index (χ0v) is 27.5. The number of hydrogen-bond donors (Lipinski definition) is 1. The third kappa shape index (κ3) is 6.55. The summed E-state index contributed by atoms with van der Waals surface area (Å²) in [5.41, 5.74) is -1.94. The van der Waals surface area contributed by atoms with Crippen molar-refractivity contribution in [3.8, 4) is 28.6 Å². The normalized spacial score (nSPS) is 19.7. The topological polar surface area (TPSA) is 103 Å². The molecule has 2 fully saturated rings. The second kappa shape index (κ2) is 12.8. The van der Waals surface area contributed by atoms with Crippen LogP contribution >= 0.6 is 0 Å². The lowest BCUT2D eigenvalue weighted by molar-refractivity contribution is -0.138. The lowest BCUT2D eigenvalue weighted by Crippen LogP contribution is -2.40. The second-order valence-electron chi connectivity index (χ2n) is 13.4. The molecule has 1 aliphatic carbocycles. The van der Waals surface area contributed by atoms with E-state index >= 15 is 0 Å². The fourth-order valence-corrected chi connectivity index (χ4v) is 7.37. The Morgan fingerprint density at radius 2 is 1.81 bits per heavy atom. The molecule has 9 nitrogen and oxygen atoms in total. The molecule has 52 heavy (non-hydrogen) atoms. The quantitative estimate of drug-likeness (QED) is 0.139. The maximum absolute atomic E-state index is 14.5.